The summed E-state index contributed by atoms with van der Waals surface area (Å²) in [6.45, 7) is 2.83. The molecule has 0 saturated heterocycles. The zero-order valence-corrected chi connectivity index (χ0v) is 15.5. The van der Waals surface area contributed by atoms with E-state index in [0.29, 0.717) is 30.2 Å². The molecule has 140 valence electrons. The van der Waals surface area contributed by atoms with Crippen LogP contribution in [0.1, 0.15) is 47.3 Å². The molecule has 3 rings (SSSR count). The third kappa shape index (κ3) is 5.19. The SMILES string of the molecule is CC(NC(=O)c1ccc(CN)cc1)c1ccc(OCC2CC2)c(F)c1.Cl. The first-order valence-corrected chi connectivity index (χ1v) is 8.59. The summed E-state index contributed by atoms with van der Waals surface area (Å²) in [6.07, 6.45) is 2.32. The lowest BCUT2D eigenvalue weighted by Gasteiger charge is -2.16. The predicted molar refractivity (Wildman–Crippen MR) is 102 cm³/mol. The summed E-state index contributed by atoms with van der Waals surface area (Å²) < 4.78 is 19.7. The molecule has 6 heteroatoms. The van der Waals surface area contributed by atoms with E-state index in [4.69, 9.17) is 10.5 Å². The minimum absolute atomic E-state index is 0. The number of rotatable bonds is 7. The van der Waals surface area contributed by atoms with E-state index in [-0.39, 0.29) is 30.1 Å². The maximum absolute atomic E-state index is 14.2. The molecule has 1 saturated carbocycles. The molecule has 2 aromatic rings. The molecule has 2 aromatic carbocycles. The van der Waals surface area contributed by atoms with Crippen LogP contribution >= 0.6 is 12.4 Å². The van der Waals surface area contributed by atoms with Crippen LogP contribution in [0.4, 0.5) is 4.39 Å². The Morgan fingerprint density at radius 1 is 1.27 bits per heavy atom. The van der Waals surface area contributed by atoms with Gasteiger partial charge in [0, 0.05) is 12.1 Å². The van der Waals surface area contributed by atoms with Crippen LogP contribution in [0.3, 0.4) is 0 Å². The van der Waals surface area contributed by atoms with Gasteiger partial charge in [0.25, 0.3) is 5.91 Å². The second kappa shape index (κ2) is 9.01. The number of carbonyl (C=O) groups is 1. The minimum atomic E-state index is -0.397. The van der Waals surface area contributed by atoms with Crippen molar-refractivity contribution >= 4 is 18.3 Å². The van der Waals surface area contributed by atoms with Crippen molar-refractivity contribution in [1.82, 2.24) is 5.32 Å². The van der Waals surface area contributed by atoms with E-state index in [1.165, 1.54) is 6.07 Å². The van der Waals surface area contributed by atoms with E-state index in [9.17, 15) is 9.18 Å². The zero-order valence-electron chi connectivity index (χ0n) is 14.7. The Balaban J connectivity index is 0.00000243. The van der Waals surface area contributed by atoms with Crippen LogP contribution in [0.15, 0.2) is 42.5 Å². The number of benzene rings is 2. The van der Waals surface area contributed by atoms with Crippen molar-refractivity contribution in [2.75, 3.05) is 6.61 Å². The van der Waals surface area contributed by atoms with Crippen LogP contribution in [-0.4, -0.2) is 12.5 Å². The quantitative estimate of drug-likeness (QED) is 0.765. The van der Waals surface area contributed by atoms with Gasteiger partial charge >= 0.3 is 0 Å². The van der Waals surface area contributed by atoms with Gasteiger partial charge in [-0.3, -0.25) is 4.79 Å². The highest BCUT2D eigenvalue weighted by molar-refractivity contribution is 5.94. The number of carbonyl (C=O) groups excluding carboxylic acids is 1. The highest BCUT2D eigenvalue weighted by atomic mass is 35.5. The number of hydrogen-bond acceptors (Lipinski definition) is 3. The molecule has 1 amide bonds. The van der Waals surface area contributed by atoms with Crippen molar-refractivity contribution in [3.63, 3.8) is 0 Å². The zero-order chi connectivity index (χ0) is 17.8. The Morgan fingerprint density at radius 3 is 2.54 bits per heavy atom. The average molecular weight is 379 g/mol. The molecule has 26 heavy (non-hydrogen) atoms. The van der Waals surface area contributed by atoms with Gasteiger partial charge in [-0.25, -0.2) is 4.39 Å². The van der Waals surface area contributed by atoms with Crippen LogP contribution in [0.2, 0.25) is 0 Å². The molecule has 1 unspecified atom stereocenters. The first-order chi connectivity index (χ1) is 12.1. The Kier molecular flexibility index (Phi) is 7.00. The van der Waals surface area contributed by atoms with E-state index in [1.807, 2.05) is 19.1 Å². The van der Waals surface area contributed by atoms with Crippen LogP contribution in [0, 0.1) is 11.7 Å². The van der Waals surface area contributed by atoms with E-state index in [1.54, 1.807) is 24.3 Å². The summed E-state index contributed by atoms with van der Waals surface area (Å²) >= 11 is 0. The second-order valence-corrected chi connectivity index (χ2v) is 6.54. The topological polar surface area (TPSA) is 64.4 Å². The number of amides is 1. The van der Waals surface area contributed by atoms with Gasteiger partial charge < -0.3 is 15.8 Å². The lowest BCUT2D eigenvalue weighted by atomic mass is 10.1. The molecule has 1 atom stereocenters. The number of nitrogens with one attached hydrogen (secondary N) is 1. The molecular weight excluding hydrogens is 355 g/mol. The molecule has 4 nitrogen and oxygen atoms in total. The van der Waals surface area contributed by atoms with Crippen molar-refractivity contribution < 1.29 is 13.9 Å². The van der Waals surface area contributed by atoms with Crippen molar-refractivity contribution in [2.45, 2.75) is 32.4 Å². The van der Waals surface area contributed by atoms with Gasteiger partial charge in [-0.1, -0.05) is 18.2 Å². The summed E-state index contributed by atoms with van der Waals surface area (Å²) in [5.41, 5.74) is 7.77. The summed E-state index contributed by atoms with van der Waals surface area (Å²) in [5.74, 6) is 0.242. The van der Waals surface area contributed by atoms with E-state index in [2.05, 4.69) is 5.32 Å². The van der Waals surface area contributed by atoms with Crippen LogP contribution in [0.25, 0.3) is 0 Å². The second-order valence-electron chi connectivity index (χ2n) is 6.54. The molecule has 0 aliphatic heterocycles. The van der Waals surface area contributed by atoms with Gasteiger partial charge in [-0.2, -0.15) is 0 Å². The summed E-state index contributed by atoms with van der Waals surface area (Å²) in [4.78, 5) is 12.3. The van der Waals surface area contributed by atoms with Crippen molar-refractivity contribution in [3.8, 4) is 5.75 Å². The van der Waals surface area contributed by atoms with Crippen LogP contribution in [0.5, 0.6) is 5.75 Å². The number of ether oxygens (including phenoxy) is 1. The van der Waals surface area contributed by atoms with Crippen molar-refractivity contribution in [2.24, 2.45) is 11.7 Å². The maximum Gasteiger partial charge on any atom is 0.251 e. The number of halogens is 2. The van der Waals surface area contributed by atoms with Gasteiger partial charge in [0.1, 0.15) is 0 Å². The average Bonchev–Trinajstić information content (AvgIpc) is 3.45. The molecule has 1 aliphatic rings. The third-order valence-corrected chi connectivity index (χ3v) is 4.43. The third-order valence-electron chi connectivity index (χ3n) is 4.43. The van der Waals surface area contributed by atoms with Crippen LogP contribution in [-0.2, 0) is 6.54 Å². The standard InChI is InChI=1S/C20H23FN2O2.ClH/c1-13(23-20(24)16-6-4-14(11-22)5-7-16)17-8-9-19(18(21)10-17)25-12-15-2-3-15;/h4-10,13,15H,2-3,11-12,22H2,1H3,(H,23,24);1H. The molecule has 0 spiro atoms. The van der Waals surface area contributed by atoms with Gasteiger partial charge in [-0.15, -0.1) is 12.4 Å². The highest BCUT2D eigenvalue weighted by Gasteiger charge is 2.22. The Labute approximate surface area is 159 Å². The number of nitrogens with two attached hydrogens (primary N) is 1. The van der Waals surface area contributed by atoms with Gasteiger partial charge in [0.05, 0.1) is 12.6 Å². The molecule has 0 aromatic heterocycles. The fourth-order valence-electron chi connectivity index (χ4n) is 2.55. The number of hydrogen-bond donors (Lipinski definition) is 2. The van der Waals surface area contributed by atoms with Crippen LogP contribution < -0.4 is 15.8 Å². The normalized spacial score (nSPS) is 14.3. The van der Waals surface area contributed by atoms with Crippen molar-refractivity contribution in [1.29, 1.82) is 0 Å². The van der Waals surface area contributed by atoms with Crippen molar-refractivity contribution in [3.05, 3.63) is 65.0 Å². The Bertz CT molecular complexity index is 748. The maximum atomic E-state index is 14.2. The van der Waals surface area contributed by atoms with E-state index >= 15 is 0 Å². The molecular formula is C20H24ClFN2O2. The first-order valence-electron chi connectivity index (χ1n) is 8.59. The van der Waals surface area contributed by atoms with E-state index in [0.717, 1.165) is 18.4 Å². The monoisotopic (exact) mass is 378 g/mol. The molecule has 3 N–H and O–H groups in total. The smallest absolute Gasteiger partial charge is 0.251 e. The molecule has 0 bridgehead atoms. The first kappa shape index (κ1) is 20.2. The van der Waals surface area contributed by atoms with E-state index < -0.39 is 5.82 Å². The predicted octanol–water partition coefficient (Wildman–Crippen LogP) is 3.99. The van der Waals surface area contributed by atoms with Gasteiger partial charge in [0.15, 0.2) is 11.6 Å². The molecule has 0 heterocycles. The fourth-order valence-corrected chi connectivity index (χ4v) is 2.55. The summed E-state index contributed by atoms with van der Waals surface area (Å²) in [5, 5.41) is 2.88. The largest absolute Gasteiger partial charge is 0.490 e. The Hall–Kier alpha value is -2.11. The molecule has 1 aliphatic carbocycles. The van der Waals surface area contributed by atoms with Gasteiger partial charge in [0.2, 0.25) is 0 Å². The minimum Gasteiger partial charge on any atom is -0.490 e. The molecule has 0 radical (unpaired) electrons. The lowest BCUT2D eigenvalue weighted by molar-refractivity contribution is 0.0940. The summed E-state index contributed by atoms with van der Waals surface area (Å²) in [7, 11) is 0. The highest BCUT2D eigenvalue weighted by Crippen LogP contribution is 2.30. The van der Waals surface area contributed by atoms with Gasteiger partial charge in [-0.05, 0) is 61.1 Å². The lowest BCUT2D eigenvalue weighted by Crippen LogP contribution is -2.26. The Morgan fingerprint density at radius 2 is 1.96 bits per heavy atom. The summed E-state index contributed by atoms with van der Waals surface area (Å²) in [6, 6.07) is 11.6. The fraction of sp³-hybridized carbons (Fsp3) is 0.350. The molecule has 1 fully saturated rings.